The van der Waals surface area contributed by atoms with Gasteiger partial charge < -0.3 is 19.5 Å². The van der Waals surface area contributed by atoms with Gasteiger partial charge in [0, 0.05) is 17.8 Å². The Kier molecular flexibility index (Phi) is 3.97. The van der Waals surface area contributed by atoms with Crippen LogP contribution >= 0.6 is 23.2 Å². The van der Waals surface area contributed by atoms with E-state index in [-0.39, 0.29) is 0 Å². The number of methoxy groups -OCH3 is 1. The number of benzene rings is 1. The van der Waals surface area contributed by atoms with E-state index in [4.69, 9.17) is 32.4 Å². The lowest BCUT2D eigenvalue weighted by molar-refractivity contribution is 0.0602. The lowest BCUT2D eigenvalue weighted by Crippen LogP contribution is -2.01. The summed E-state index contributed by atoms with van der Waals surface area (Å²) in [5, 5.41) is 4.49. The number of carbonyl (C=O) groups is 1. The summed E-state index contributed by atoms with van der Waals surface area (Å²) in [5.41, 5.74) is 2.52. The largest absolute Gasteiger partial charge is 0.465 e. The molecule has 3 heterocycles. The van der Waals surface area contributed by atoms with Gasteiger partial charge in [0.05, 0.1) is 33.9 Å². The van der Waals surface area contributed by atoms with Crippen molar-refractivity contribution >= 4 is 62.8 Å². The Morgan fingerprint density at radius 3 is 2.69 bits per heavy atom. The summed E-state index contributed by atoms with van der Waals surface area (Å²) in [7, 11) is 1.32. The van der Waals surface area contributed by atoms with Gasteiger partial charge in [-0.25, -0.2) is 9.78 Å². The van der Waals surface area contributed by atoms with Crippen LogP contribution in [0, 0.1) is 6.92 Å². The molecule has 3 aromatic heterocycles. The highest BCUT2D eigenvalue weighted by molar-refractivity contribution is 6.39. The number of ether oxygens (including phenoxy) is 1. The summed E-state index contributed by atoms with van der Waals surface area (Å²) >= 11 is 12.3. The van der Waals surface area contributed by atoms with Crippen LogP contribution in [-0.4, -0.2) is 28.0 Å². The number of hydrogen-bond donors (Lipinski definition) is 2. The van der Waals surface area contributed by atoms with Crippen molar-refractivity contribution in [3.63, 3.8) is 0 Å². The highest BCUT2D eigenvalue weighted by Crippen LogP contribution is 2.34. The molecule has 0 atom stereocenters. The molecule has 0 spiro atoms. The van der Waals surface area contributed by atoms with Crippen molar-refractivity contribution in [1.82, 2.24) is 15.0 Å². The number of halogens is 2. The van der Waals surface area contributed by atoms with Crippen LogP contribution < -0.4 is 5.32 Å². The van der Waals surface area contributed by atoms with Crippen LogP contribution in [-0.2, 0) is 4.74 Å². The van der Waals surface area contributed by atoms with Crippen molar-refractivity contribution in [2.24, 2.45) is 0 Å². The standard InChI is InChI=1S/C17H12Cl2N4O3/c1-7-3-8-13-12(4-9(15(8)26-7)16(24)25-2)21-17(22-13)23-14-10(18)5-20-6-11(14)19/h3-6H,1-2H3,(H2,20,21,22,23). The molecule has 9 heteroatoms. The van der Waals surface area contributed by atoms with Crippen molar-refractivity contribution in [3.8, 4) is 0 Å². The third-order valence-electron chi connectivity index (χ3n) is 3.88. The summed E-state index contributed by atoms with van der Waals surface area (Å²) in [6, 6.07) is 3.45. The number of carbonyl (C=O) groups excluding carboxylic acids is 1. The number of pyridine rings is 1. The van der Waals surface area contributed by atoms with E-state index in [0.717, 1.165) is 5.39 Å². The van der Waals surface area contributed by atoms with Gasteiger partial charge in [-0.3, -0.25) is 4.98 Å². The van der Waals surface area contributed by atoms with E-state index in [1.165, 1.54) is 19.5 Å². The number of furan rings is 1. The molecule has 2 N–H and O–H groups in total. The third-order valence-corrected chi connectivity index (χ3v) is 4.46. The predicted molar refractivity (Wildman–Crippen MR) is 99.5 cm³/mol. The molecule has 1 aromatic carbocycles. The highest BCUT2D eigenvalue weighted by atomic mass is 35.5. The van der Waals surface area contributed by atoms with Gasteiger partial charge in [0.2, 0.25) is 5.95 Å². The van der Waals surface area contributed by atoms with Crippen LogP contribution in [0.5, 0.6) is 0 Å². The van der Waals surface area contributed by atoms with Gasteiger partial charge in [-0.05, 0) is 19.1 Å². The van der Waals surface area contributed by atoms with E-state index >= 15 is 0 Å². The van der Waals surface area contributed by atoms with Gasteiger partial charge in [0.25, 0.3) is 0 Å². The minimum absolute atomic E-state index is 0.307. The van der Waals surface area contributed by atoms with E-state index < -0.39 is 5.97 Å². The molecular weight excluding hydrogens is 379 g/mol. The number of imidazole rings is 1. The number of aryl methyl sites for hydroxylation is 1. The molecule has 7 nitrogen and oxygen atoms in total. The molecule has 0 aliphatic rings. The second kappa shape index (κ2) is 6.19. The average molecular weight is 391 g/mol. The summed E-state index contributed by atoms with van der Waals surface area (Å²) in [6.45, 7) is 1.80. The fraction of sp³-hybridized carbons (Fsp3) is 0.118. The SMILES string of the molecule is COC(=O)c1cc2nc(Nc3c(Cl)cncc3Cl)[nH]c2c2cc(C)oc12. The quantitative estimate of drug-likeness (QED) is 0.485. The topological polar surface area (TPSA) is 93.0 Å². The molecule has 0 unspecified atom stereocenters. The molecule has 0 saturated carbocycles. The number of nitrogens with one attached hydrogen (secondary N) is 2. The monoisotopic (exact) mass is 390 g/mol. The first-order chi connectivity index (χ1) is 12.5. The smallest absolute Gasteiger partial charge is 0.341 e. The minimum atomic E-state index is -0.496. The fourth-order valence-electron chi connectivity index (χ4n) is 2.77. The molecule has 0 aliphatic heterocycles. The molecular formula is C17H12Cl2N4O3. The van der Waals surface area contributed by atoms with Crippen molar-refractivity contribution in [1.29, 1.82) is 0 Å². The Morgan fingerprint density at radius 2 is 2.00 bits per heavy atom. The summed E-state index contributed by atoms with van der Waals surface area (Å²) in [6.07, 6.45) is 2.96. The van der Waals surface area contributed by atoms with Gasteiger partial charge in [0.15, 0.2) is 5.58 Å². The third kappa shape index (κ3) is 2.65. The zero-order chi connectivity index (χ0) is 18.4. The molecule has 0 saturated heterocycles. The van der Waals surface area contributed by atoms with Crippen LogP contribution in [0.2, 0.25) is 10.0 Å². The Balaban J connectivity index is 1.90. The fourth-order valence-corrected chi connectivity index (χ4v) is 3.23. The number of aromatic nitrogens is 3. The molecule has 4 rings (SSSR count). The van der Waals surface area contributed by atoms with Crippen LogP contribution in [0.25, 0.3) is 22.0 Å². The van der Waals surface area contributed by atoms with Gasteiger partial charge in [-0.15, -0.1) is 0 Å². The summed E-state index contributed by atoms with van der Waals surface area (Å²) < 4.78 is 10.5. The predicted octanol–water partition coefficient (Wildman–Crippen LogP) is 4.85. The van der Waals surface area contributed by atoms with Crippen LogP contribution in [0.4, 0.5) is 11.6 Å². The number of hydrogen-bond acceptors (Lipinski definition) is 6. The zero-order valence-corrected chi connectivity index (χ0v) is 15.2. The number of H-pyrrole nitrogens is 1. The lowest BCUT2D eigenvalue weighted by atomic mass is 10.1. The number of rotatable bonds is 3. The second-order valence-electron chi connectivity index (χ2n) is 5.60. The average Bonchev–Trinajstić information content (AvgIpc) is 3.19. The Hall–Kier alpha value is -2.77. The molecule has 0 amide bonds. The van der Waals surface area contributed by atoms with E-state index in [9.17, 15) is 4.79 Å². The maximum Gasteiger partial charge on any atom is 0.341 e. The molecule has 4 aromatic rings. The summed E-state index contributed by atoms with van der Waals surface area (Å²) in [4.78, 5) is 23.6. The number of aromatic amines is 1. The van der Waals surface area contributed by atoms with E-state index in [0.29, 0.717) is 49.6 Å². The first-order valence-corrected chi connectivity index (χ1v) is 8.30. The maximum atomic E-state index is 12.1. The molecule has 0 aliphatic carbocycles. The second-order valence-corrected chi connectivity index (χ2v) is 6.41. The first kappa shape index (κ1) is 16.7. The molecule has 0 bridgehead atoms. The van der Waals surface area contributed by atoms with Crippen molar-refractivity contribution < 1.29 is 13.9 Å². The van der Waals surface area contributed by atoms with Crippen LogP contribution in [0.1, 0.15) is 16.1 Å². The van der Waals surface area contributed by atoms with E-state index in [2.05, 4.69) is 20.3 Å². The molecule has 132 valence electrons. The van der Waals surface area contributed by atoms with Crippen molar-refractivity contribution in [3.05, 3.63) is 45.9 Å². The van der Waals surface area contributed by atoms with Gasteiger partial charge in [-0.1, -0.05) is 23.2 Å². The van der Waals surface area contributed by atoms with E-state index in [1.807, 2.05) is 6.07 Å². The number of nitrogens with zero attached hydrogens (tertiary/aromatic N) is 2. The molecule has 0 radical (unpaired) electrons. The Bertz CT molecular complexity index is 1150. The molecule has 0 fully saturated rings. The lowest BCUT2D eigenvalue weighted by Gasteiger charge is -2.06. The normalized spacial score (nSPS) is 11.2. The van der Waals surface area contributed by atoms with Crippen LogP contribution in [0.15, 0.2) is 28.9 Å². The van der Waals surface area contributed by atoms with Crippen LogP contribution in [0.3, 0.4) is 0 Å². The molecule has 26 heavy (non-hydrogen) atoms. The maximum absolute atomic E-state index is 12.1. The van der Waals surface area contributed by atoms with Gasteiger partial charge >= 0.3 is 5.97 Å². The van der Waals surface area contributed by atoms with E-state index in [1.54, 1.807) is 13.0 Å². The van der Waals surface area contributed by atoms with Gasteiger partial charge in [0.1, 0.15) is 11.3 Å². The Morgan fingerprint density at radius 1 is 1.27 bits per heavy atom. The minimum Gasteiger partial charge on any atom is -0.465 e. The number of fused-ring (bicyclic) bond motifs is 3. The summed E-state index contributed by atoms with van der Waals surface area (Å²) in [5.74, 6) is 0.586. The van der Waals surface area contributed by atoms with Crippen molar-refractivity contribution in [2.75, 3.05) is 12.4 Å². The van der Waals surface area contributed by atoms with Crippen molar-refractivity contribution in [2.45, 2.75) is 6.92 Å². The zero-order valence-electron chi connectivity index (χ0n) is 13.7. The van der Waals surface area contributed by atoms with Gasteiger partial charge in [-0.2, -0.15) is 0 Å². The first-order valence-electron chi connectivity index (χ1n) is 7.55. The number of esters is 1. The number of anilines is 2. The highest BCUT2D eigenvalue weighted by Gasteiger charge is 2.20. The Labute approximate surface area is 157 Å².